The lowest BCUT2D eigenvalue weighted by molar-refractivity contribution is 0.602. The minimum Gasteiger partial charge on any atom is -0.399 e. The summed E-state index contributed by atoms with van der Waals surface area (Å²) < 4.78 is 24.6. The number of benzene rings is 2. The molecule has 4 rings (SSSR count). The normalized spacial score (nSPS) is 11.7. The van der Waals surface area contributed by atoms with Crippen molar-refractivity contribution in [3.05, 3.63) is 60.0 Å². The SMILES string of the molecule is CS(=O)(=O)c1ccc(-c2c(-c3ccc(N)cc3)nc(N)c3ccsc23)cc1. The summed E-state index contributed by atoms with van der Waals surface area (Å²) in [6, 6.07) is 16.3. The van der Waals surface area contributed by atoms with E-state index in [0.717, 1.165) is 32.5 Å². The third-order valence-corrected chi connectivity index (χ3v) is 6.45. The Balaban J connectivity index is 2.00. The Morgan fingerprint density at radius 2 is 1.52 bits per heavy atom. The first-order chi connectivity index (χ1) is 12.8. The van der Waals surface area contributed by atoms with E-state index in [2.05, 4.69) is 4.98 Å². The molecule has 0 unspecified atom stereocenters. The van der Waals surface area contributed by atoms with E-state index in [1.165, 1.54) is 6.26 Å². The van der Waals surface area contributed by atoms with Crippen LogP contribution in [0.2, 0.25) is 0 Å². The van der Waals surface area contributed by atoms with Gasteiger partial charge >= 0.3 is 0 Å². The van der Waals surface area contributed by atoms with Gasteiger partial charge in [-0.15, -0.1) is 11.3 Å². The maximum atomic E-state index is 11.8. The number of rotatable bonds is 3. The molecule has 0 saturated carbocycles. The Labute approximate surface area is 161 Å². The number of nitrogens with zero attached hydrogens (tertiary/aromatic N) is 1. The smallest absolute Gasteiger partial charge is 0.175 e. The Hall–Kier alpha value is -2.90. The van der Waals surface area contributed by atoms with Gasteiger partial charge in [0.15, 0.2) is 9.84 Å². The Morgan fingerprint density at radius 3 is 2.15 bits per heavy atom. The number of pyridine rings is 1. The molecule has 5 nitrogen and oxygen atoms in total. The van der Waals surface area contributed by atoms with Crippen LogP contribution in [0, 0.1) is 0 Å². The lowest BCUT2D eigenvalue weighted by atomic mass is 9.98. The number of hydrogen-bond acceptors (Lipinski definition) is 6. The van der Waals surface area contributed by atoms with Crippen LogP contribution < -0.4 is 11.5 Å². The van der Waals surface area contributed by atoms with Crippen molar-refractivity contribution < 1.29 is 8.42 Å². The summed E-state index contributed by atoms with van der Waals surface area (Å²) in [5.74, 6) is 0.467. The molecule has 7 heteroatoms. The van der Waals surface area contributed by atoms with E-state index in [4.69, 9.17) is 11.5 Å². The molecule has 0 fully saturated rings. The number of hydrogen-bond donors (Lipinski definition) is 2. The van der Waals surface area contributed by atoms with Gasteiger partial charge in [0.05, 0.1) is 10.6 Å². The van der Waals surface area contributed by atoms with Crippen molar-refractivity contribution >= 4 is 42.8 Å². The standard InChI is InChI=1S/C20H17N3O2S2/c1-27(24,25)15-8-4-12(5-9-15)17-18(13-2-6-14(21)7-3-13)23-20(22)16-10-11-26-19(16)17/h2-11H,21H2,1H3,(H2,22,23). The second kappa shape index (κ2) is 6.37. The number of nitrogens with two attached hydrogens (primary N) is 2. The highest BCUT2D eigenvalue weighted by Crippen LogP contribution is 2.41. The van der Waals surface area contributed by atoms with Gasteiger partial charge < -0.3 is 11.5 Å². The maximum Gasteiger partial charge on any atom is 0.175 e. The van der Waals surface area contributed by atoms with Crippen molar-refractivity contribution in [1.82, 2.24) is 4.98 Å². The summed E-state index contributed by atoms with van der Waals surface area (Å²) in [6.07, 6.45) is 1.20. The Bertz CT molecular complexity index is 1240. The summed E-state index contributed by atoms with van der Waals surface area (Å²) >= 11 is 1.58. The lowest BCUT2D eigenvalue weighted by Gasteiger charge is -2.13. The van der Waals surface area contributed by atoms with Crippen LogP contribution in [0.1, 0.15) is 0 Å². The summed E-state index contributed by atoms with van der Waals surface area (Å²) in [6.45, 7) is 0. The van der Waals surface area contributed by atoms with Crippen molar-refractivity contribution in [2.45, 2.75) is 4.90 Å². The van der Waals surface area contributed by atoms with Gasteiger partial charge in [-0.05, 0) is 41.3 Å². The predicted octanol–water partition coefficient (Wildman–Crippen LogP) is 4.20. The predicted molar refractivity (Wildman–Crippen MR) is 112 cm³/mol. The first kappa shape index (κ1) is 17.5. The molecule has 0 atom stereocenters. The molecule has 2 heterocycles. The van der Waals surface area contributed by atoms with Crippen LogP contribution in [0.3, 0.4) is 0 Å². The molecule has 0 aliphatic heterocycles. The van der Waals surface area contributed by atoms with Crippen LogP contribution in [0.5, 0.6) is 0 Å². The molecule has 4 N–H and O–H groups in total. The van der Waals surface area contributed by atoms with Gasteiger partial charge in [-0.2, -0.15) is 0 Å². The number of aromatic nitrogens is 1. The van der Waals surface area contributed by atoms with Crippen LogP contribution in [0.4, 0.5) is 11.5 Å². The highest BCUT2D eigenvalue weighted by atomic mass is 32.2. The second-order valence-electron chi connectivity index (χ2n) is 6.30. The van der Waals surface area contributed by atoms with E-state index >= 15 is 0 Å². The fraction of sp³-hybridized carbons (Fsp3) is 0.0500. The van der Waals surface area contributed by atoms with Gasteiger partial charge in [-0.1, -0.05) is 24.3 Å². The maximum absolute atomic E-state index is 11.8. The summed E-state index contributed by atoms with van der Waals surface area (Å²) in [5.41, 5.74) is 16.1. The number of sulfone groups is 1. The third kappa shape index (κ3) is 3.15. The van der Waals surface area contributed by atoms with E-state index in [0.29, 0.717) is 11.5 Å². The van der Waals surface area contributed by atoms with Crippen molar-refractivity contribution in [1.29, 1.82) is 0 Å². The molecule has 2 aromatic carbocycles. The first-order valence-electron chi connectivity index (χ1n) is 8.17. The number of nitrogen functional groups attached to an aromatic ring is 2. The molecule has 0 aliphatic carbocycles. The zero-order valence-electron chi connectivity index (χ0n) is 14.5. The van der Waals surface area contributed by atoms with Crippen LogP contribution >= 0.6 is 11.3 Å². The third-order valence-electron chi connectivity index (χ3n) is 4.39. The molecule has 136 valence electrons. The van der Waals surface area contributed by atoms with Crippen LogP contribution in [0.15, 0.2) is 64.9 Å². The van der Waals surface area contributed by atoms with Crippen molar-refractivity contribution in [2.75, 3.05) is 17.7 Å². The topological polar surface area (TPSA) is 99.1 Å². The highest BCUT2D eigenvalue weighted by molar-refractivity contribution is 7.90. The first-order valence-corrected chi connectivity index (χ1v) is 10.9. The molecule has 27 heavy (non-hydrogen) atoms. The fourth-order valence-electron chi connectivity index (χ4n) is 3.04. The lowest BCUT2D eigenvalue weighted by Crippen LogP contribution is -1.98. The largest absolute Gasteiger partial charge is 0.399 e. The summed E-state index contributed by atoms with van der Waals surface area (Å²) in [7, 11) is -3.25. The van der Waals surface area contributed by atoms with E-state index in [1.54, 1.807) is 23.5 Å². The van der Waals surface area contributed by atoms with Gasteiger partial charge in [0, 0.05) is 33.2 Å². The minimum absolute atomic E-state index is 0.283. The minimum atomic E-state index is -3.25. The number of fused-ring (bicyclic) bond motifs is 1. The molecule has 4 aromatic rings. The molecule has 0 aliphatic rings. The number of thiophene rings is 1. The molecule has 0 amide bonds. The zero-order chi connectivity index (χ0) is 19.2. The van der Waals surface area contributed by atoms with E-state index in [9.17, 15) is 8.42 Å². The molecule has 0 radical (unpaired) electrons. The quantitative estimate of drug-likeness (QED) is 0.507. The zero-order valence-corrected chi connectivity index (χ0v) is 16.1. The van der Waals surface area contributed by atoms with Gasteiger partial charge in [0.2, 0.25) is 0 Å². The summed E-state index contributed by atoms with van der Waals surface area (Å²) in [5, 5.41) is 2.87. The average molecular weight is 396 g/mol. The average Bonchev–Trinajstić information content (AvgIpc) is 3.12. The molecular formula is C20H17N3O2S2. The molecule has 0 spiro atoms. The van der Waals surface area contributed by atoms with Crippen LogP contribution in [-0.2, 0) is 9.84 Å². The van der Waals surface area contributed by atoms with Crippen LogP contribution in [0.25, 0.3) is 32.5 Å². The van der Waals surface area contributed by atoms with Gasteiger partial charge in [0.25, 0.3) is 0 Å². The number of anilines is 2. The fourth-order valence-corrected chi connectivity index (χ4v) is 4.64. The van der Waals surface area contributed by atoms with Crippen molar-refractivity contribution in [3.63, 3.8) is 0 Å². The Kier molecular flexibility index (Phi) is 4.13. The second-order valence-corrected chi connectivity index (χ2v) is 9.23. The molecule has 2 aromatic heterocycles. The molecule has 0 bridgehead atoms. The van der Waals surface area contributed by atoms with E-state index in [-0.39, 0.29) is 4.90 Å². The summed E-state index contributed by atoms with van der Waals surface area (Å²) in [4.78, 5) is 4.93. The highest BCUT2D eigenvalue weighted by Gasteiger charge is 2.18. The van der Waals surface area contributed by atoms with Crippen molar-refractivity contribution in [3.8, 4) is 22.4 Å². The van der Waals surface area contributed by atoms with Crippen molar-refractivity contribution in [2.24, 2.45) is 0 Å². The van der Waals surface area contributed by atoms with E-state index in [1.807, 2.05) is 47.8 Å². The van der Waals surface area contributed by atoms with Gasteiger partial charge in [-0.25, -0.2) is 13.4 Å². The van der Waals surface area contributed by atoms with E-state index < -0.39 is 9.84 Å². The Morgan fingerprint density at radius 1 is 0.889 bits per heavy atom. The molecule has 0 saturated heterocycles. The van der Waals surface area contributed by atoms with Crippen LogP contribution in [-0.4, -0.2) is 19.7 Å². The monoisotopic (exact) mass is 395 g/mol. The van der Waals surface area contributed by atoms with Gasteiger partial charge in [-0.3, -0.25) is 0 Å². The molecular weight excluding hydrogens is 378 g/mol. The van der Waals surface area contributed by atoms with Gasteiger partial charge in [0.1, 0.15) is 5.82 Å².